The van der Waals surface area contributed by atoms with Crippen LogP contribution in [0.2, 0.25) is 5.02 Å². The summed E-state index contributed by atoms with van der Waals surface area (Å²) >= 11 is 6.03. The molecule has 1 aliphatic carbocycles. The largest absolute Gasteiger partial charge is 0.0840 e. The molecule has 0 heterocycles. The SMILES string of the molecule is Cc1c(Cl)cccc1C1CC1C. The third kappa shape index (κ3) is 1.25. The molecular weight excluding hydrogens is 168 g/mol. The van der Waals surface area contributed by atoms with Crippen molar-refractivity contribution in [1.82, 2.24) is 0 Å². The van der Waals surface area contributed by atoms with Gasteiger partial charge in [0.25, 0.3) is 0 Å². The van der Waals surface area contributed by atoms with Crippen molar-refractivity contribution in [3.05, 3.63) is 34.3 Å². The van der Waals surface area contributed by atoms with Crippen molar-refractivity contribution in [2.75, 3.05) is 0 Å². The van der Waals surface area contributed by atoms with Crippen LogP contribution in [0.1, 0.15) is 30.4 Å². The highest BCUT2D eigenvalue weighted by Crippen LogP contribution is 2.48. The molecule has 64 valence electrons. The van der Waals surface area contributed by atoms with Gasteiger partial charge in [0.1, 0.15) is 0 Å². The van der Waals surface area contributed by atoms with Crippen molar-refractivity contribution < 1.29 is 0 Å². The van der Waals surface area contributed by atoms with Crippen LogP contribution in [-0.2, 0) is 0 Å². The predicted octanol–water partition coefficient (Wildman–Crippen LogP) is 3.77. The minimum atomic E-state index is 0.781. The molecule has 1 heteroatoms. The molecule has 0 spiro atoms. The maximum atomic E-state index is 6.03. The van der Waals surface area contributed by atoms with E-state index in [-0.39, 0.29) is 0 Å². The smallest absolute Gasteiger partial charge is 0.0438 e. The van der Waals surface area contributed by atoms with Crippen LogP contribution in [0.4, 0.5) is 0 Å². The fourth-order valence-electron chi connectivity index (χ4n) is 1.78. The molecule has 2 atom stereocenters. The Hall–Kier alpha value is -0.490. The summed E-state index contributed by atoms with van der Waals surface area (Å²) in [5, 5.41) is 0.909. The van der Waals surface area contributed by atoms with Crippen molar-refractivity contribution in [2.24, 2.45) is 5.92 Å². The van der Waals surface area contributed by atoms with Gasteiger partial charge in [0.05, 0.1) is 0 Å². The van der Waals surface area contributed by atoms with Gasteiger partial charge in [0.15, 0.2) is 0 Å². The predicted molar refractivity (Wildman–Crippen MR) is 52.7 cm³/mol. The maximum Gasteiger partial charge on any atom is 0.0438 e. The number of rotatable bonds is 1. The average Bonchev–Trinajstić information content (AvgIpc) is 2.73. The molecule has 1 saturated carbocycles. The quantitative estimate of drug-likeness (QED) is 0.617. The van der Waals surface area contributed by atoms with Gasteiger partial charge in [-0.3, -0.25) is 0 Å². The van der Waals surface area contributed by atoms with E-state index >= 15 is 0 Å². The Morgan fingerprint density at radius 2 is 2.08 bits per heavy atom. The molecule has 1 aliphatic rings. The lowest BCUT2D eigenvalue weighted by Gasteiger charge is -2.05. The molecule has 2 unspecified atom stereocenters. The first-order valence-electron chi connectivity index (χ1n) is 4.45. The second-order valence-corrected chi connectivity index (χ2v) is 4.18. The normalized spacial score (nSPS) is 27.2. The van der Waals surface area contributed by atoms with Crippen LogP contribution >= 0.6 is 11.6 Å². The standard InChI is InChI=1S/C11H13Cl/c1-7-6-10(7)9-4-3-5-11(12)8(9)2/h3-5,7,10H,6H2,1-2H3. The highest BCUT2D eigenvalue weighted by atomic mass is 35.5. The van der Waals surface area contributed by atoms with Crippen LogP contribution in [0.5, 0.6) is 0 Å². The summed E-state index contributed by atoms with van der Waals surface area (Å²) in [6, 6.07) is 6.22. The Kier molecular flexibility index (Phi) is 1.88. The molecule has 0 N–H and O–H groups in total. The van der Waals surface area contributed by atoms with Crippen molar-refractivity contribution in [2.45, 2.75) is 26.2 Å². The highest BCUT2D eigenvalue weighted by Gasteiger charge is 2.34. The Bertz CT molecular complexity index is 304. The fourth-order valence-corrected chi connectivity index (χ4v) is 1.96. The summed E-state index contributed by atoms with van der Waals surface area (Å²) in [7, 11) is 0. The van der Waals surface area contributed by atoms with Gasteiger partial charge in [-0.25, -0.2) is 0 Å². The lowest BCUT2D eigenvalue weighted by molar-refractivity contribution is 0.908. The molecular formula is C11H13Cl. The van der Waals surface area contributed by atoms with Gasteiger partial charge in [0, 0.05) is 5.02 Å². The molecule has 0 aliphatic heterocycles. The molecule has 0 radical (unpaired) electrons. The molecule has 12 heavy (non-hydrogen) atoms. The molecule has 0 saturated heterocycles. The minimum absolute atomic E-state index is 0.781. The second kappa shape index (κ2) is 2.77. The van der Waals surface area contributed by atoms with Gasteiger partial charge in [-0.2, -0.15) is 0 Å². The maximum absolute atomic E-state index is 6.03. The lowest BCUT2D eigenvalue weighted by atomic mass is 10.0. The number of hydrogen-bond donors (Lipinski definition) is 0. The molecule has 0 aromatic heterocycles. The Morgan fingerprint density at radius 3 is 2.67 bits per heavy atom. The Balaban J connectivity index is 2.38. The van der Waals surface area contributed by atoms with Crippen molar-refractivity contribution in [3.63, 3.8) is 0 Å². The zero-order valence-electron chi connectivity index (χ0n) is 7.47. The third-order valence-corrected chi connectivity index (χ3v) is 3.23. The fraction of sp³-hybridized carbons (Fsp3) is 0.455. The molecule has 1 fully saturated rings. The van der Waals surface area contributed by atoms with Crippen molar-refractivity contribution >= 4 is 11.6 Å². The zero-order chi connectivity index (χ0) is 8.72. The monoisotopic (exact) mass is 180 g/mol. The lowest BCUT2D eigenvalue weighted by Crippen LogP contribution is -1.87. The molecule has 0 nitrogen and oxygen atoms in total. The molecule has 0 bridgehead atoms. The van der Waals surface area contributed by atoms with E-state index in [0.29, 0.717) is 0 Å². The van der Waals surface area contributed by atoms with Crippen LogP contribution in [-0.4, -0.2) is 0 Å². The van der Waals surface area contributed by atoms with E-state index in [1.165, 1.54) is 17.5 Å². The first-order valence-corrected chi connectivity index (χ1v) is 4.83. The highest BCUT2D eigenvalue weighted by molar-refractivity contribution is 6.31. The van der Waals surface area contributed by atoms with Gasteiger partial charge in [-0.05, 0) is 42.4 Å². The molecule has 0 amide bonds. The second-order valence-electron chi connectivity index (χ2n) is 3.77. The van der Waals surface area contributed by atoms with Crippen LogP contribution in [0, 0.1) is 12.8 Å². The van der Waals surface area contributed by atoms with Gasteiger partial charge in [0.2, 0.25) is 0 Å². The van der Waals surface area contributed by atoms with Crippen LogP contribution < -0.4 is 0 Å². The molecule has 1 aromatic carbocycles. The van der Waals surface area contributed by atoms with Crippen LogP contribution in [0.15, 0.2) is 18.2 Å². The van der Waals surface area contributed by atoms with E-state index in [1.54, 1.807) is 0 Å². The van der Waals surface area contributed by atoms with Gasteiger partial charge in [-0.15, -0.1) is 0 Å². The summed E-state index contributed by atoms with van der Waals surface area (Å²) in [5.41, 5.74) is 2.73. The Labute approximate surface area is 78.6 Å². The van der Waals surface area contributed by atoms with E-state index in [0.717, 1.165) is 16.9 Å². The van der Waals surface area contributed by atoms with E-state index in [1.807, 2.05) is 6.07 Å². The summed E-state index contributed by atoms with van der Waals surface area (Å²) in [6.45, 7) is 4.41. The summed E-state index contributed by atoms with van der Waals surface area (Å²) in [5.74, 6) is 1.64. The van der Waals surface area contributed by atoms with Gasteiger partial charge < -0.3 is 0 Å². The van der Waals surface area contributed by atoms with Crippen LogP contribution in [0.25, 0.3) is 0 Å². The molecule has 2 rings (SSSR count). The van der Waals surface area contributed by atoms with Gasteiger partial charge >= 0.3 is 0 Å². The average molecular weight is 181 g/mol. The van der Waals surface area contributed by atoms with E-state index in [2.05, 4.69) is 26.0 Å². The first-order chi connectivity index (χ1) is 5.70. The summed E-state index contributed by atoms with van der Waals surface area (Å²) in [4.78, 5) is 0. The Morgan fingerprint density at radius 1 is 1.42 bits per heavy atom. The summed E-state index contributed by atoms with van der Waals surface area (Å²) < 4.78 is 0. The molecule has 1 aromatic rings. The number of hydrogen-bond acceptors (Lipinski definition) is 0. The third-order valence-electron chi connectivity index (χ3n) is 2.82. The van der Waals surface area contributed by atoms with Crippen LogP contribution in [0.3, 0.4) is 0 Å². The van der Waals surface area contributed by atoms with Crippen molar-refractivity contribution in [3.8, 4) is 0 Å². The van der Waals surface area contributed by atoms with E-state index in [9.17, 15) is 0 Å². The zero-order valence-corrected chi connectivity index (χ0v) is 8.23. The van der Waals surface area contributed by atoms with Crippen molar-refractivity contribution in [1.29, 1.82) is 0 Å². The van der Waals surface area contributed by atoms with Gasteiger partial charge in [-0.1, -0.05) is 30.7 Å². The van der Waals surface area contributed by atoms with E-state index < -0.39 is 0 Å². The van der Waals surface area contributed by atoms with E-state index in [4.69, 9.17) is 11.6 Å². The minimum Gasteiger partial charge on any atom is -0.0840 e. The topological polar surface area (TPSA) is 0 Å². The summed E-state index contributed by atoms with van der Waals surface area (Å²) in [6.07, 6.45) is 1.33. The number of halogens is 1. The number of benzene rings is 1. The first kappa shape index (κ1) is 8.12.